The van der Waals surface area contributed by atoms with E-state index in [1.807, 2.05) is 30.1 Å². The molecule has 3 aromatic rings. The Morgan fingerprint density at radius 1 is 0.923 bits per heavy atom. The maximum atomic E-state index is 5.46. The van der Waals surface area contributed by atoms with Gasteiger partial charge in [0.15, 0.2) is 11.5 Å². The molecule has 0 bridgehead atoms. The maximum Gasteiger partial charge on any atom is 0.203 e. The number of aromatic amines is 1. The van der Waals surface area contributed by atoms with Crippen molar-refractivity contribution in [2.45, 2.75) is 11.8 Å². The van der Waals surface area contributed by atoms with E-state index in [1.165, 1.54) is 4.90 Å². The zero-order valence-corrected chi connectivity index (χ0v) is 16.1. The molecule has 3 rings (SSSR count). The number of nitrogens with one attached hydrogen (secondary N) is 1. The smallest absolute Gasteiger partial charge is 0.203 e. The summed E-state index contributed by atoms with van der Waals surface area (Å²) in [6.07, 6.45) is 1.83. The standard InChI is InChI=1S/C20H22N2O3S/c1-5-26-15-8-6-13(7-9-15)16-12-21-22-19(16)14-10-17(23-2)20(25-4)18(11-14)24-3/h6-12H,5H2,1-4H3,(H,21,22). The first-order valence-electron chi connectivity index (χ1n) is 8.28. The number of benzene rings is 2. The molecule has 0 aliphatic heterocycles. The molecule has 0 aliphatic carbocycles. The monoisotopic (exact) mass is 370 g/mol. The van der Waals surface area contributed by atoms with Crippen LogP contribution in [0.5, 0.6) is 17.2 Å². The number of hydrogen-bond donors (Lipinski definition) is 1. The van der Waals surface area contributed by atoms with Crippen LogP contribution in [-0.4, -0.2) is 37.3 Å². The lowest BCUT2D eigenvalue weighted by molar-refractivity contribution is 0.324. The molecule has 0 spiro atoms. The summed E-state index contributed by atoms with van der Waals surface area (Å²) in [5.74, 6) is 2.84. The predicted molar refractivity (Wildman–Crippen MR) is 106 cm³/mol. The molecule has 1 heterocycles. The molecular formula is C20H22N2O3S. The molecule has 0 fully saturated rings. The van der Waals surface area contributed by atoms with Crippen LogP contribution in [-0.2, 0) is 0 Å². The lowest BCUT2D eigenvalue weighted by Gasteiger charge is -2.14. The number of nitrogens with zero attached hydrogens (tertiary/aromatic N) is 1. The average molecular weight is 370 g/mol. The van der Waals surface area contributed by atoms with Crippen molar-refractivity contribution in [3.63, 3.8) is 0 Å². The fourth-order valence-electron chi connectivity index (χ4n) is 2.85. The van der Waals surface area contributed by atoms with E-state index in [-0.39, 0.29) is 0 Å². The average Bonchev–Trinajstić information content (AvgIpc) is 3.17. The van der Waals surface area contributed by atoms with Gasteiger partial charge in [-0.15, -0.1) is 11.8 Å². The van der Waals surface area contributed by atoms with Crippen molar-refractivity contribution in [2.75, 3.05) is 27.1 Å². The van der Waals surface area contributed by atoms with Crippen molar-refractivity contribution in [3.05, 3.63) is 42.6 Å². The lowest BCUT2D eigenvalue weighted by atomic mass is 10.0. The summed E-state index contributed by atoms with van der Waals surface area (Å²) in [5, 5.41) is 7.34. The van der Waals surface area contributed by atoms with E-state index in [4.69, 9.17) is 14.2 Å². The molecule has 0 saturated carbocycles. The van der Waals surface area contributed by atoms with E-state index in [9.17, 15) is 0 Å². The Morgan fingerprint density at radius 3 is 2.12 bits per heavy atom. The van der Waals surface area contributed by atoms with Gasteiger partial charge in [0.2, 0.25) is 5.75 Å². The maximum absolute atomic E-state index is 5.46. The van der Waals surface area contributed by atoms with E-state index in [1.54, 1.807) is 21.3 Å². The lowest BCUT2D eigenvalue weighted by Crippen LogP contribution is -1.96. The second-order valence-corrected chi connectivity index (χ2v) is 6.87. The van der Waals surface area contributed by atoms with E-state index in [2.05, 4.69) is 41.4 Å². The van der Waals surface area contributed by atoms with Crippen molar-refractivity contribution < 1.29 is 14.2 Å². The third-order valence-corrected chi connectivity index (χ3v) is 4.96. The first-order chi connectivity index (χ1) is 12.7. The van der Waals surface area contributed by atoms with Crippen LogP contribution < -0.4 is 14.2 Å². The van der Waals surface area contributed by atoms with E-state index < -0.39 is 0 Å². The van der Waals surface area contributed by atoms with Gasteiger partial charge in [-0.25, -0.2) is 0 Å². The minimum absolute atomic E-state index is 0.570. The Labute approximate surface area is 157 Å². The number of hydrogen-bond acceptors (Lipinski definition) is 5. The topological polar surface area (TPSA) is 56.4 Å². The van der Waals surface area contributed by atoms with E-state index >= 15 is 0 Å². The van der Waals surface area contributed by atoms with E-state index in [0.717, 1.165) is 28.1 Å². The molecular weight excluding hydrogens is 348 g/mol. The second-order valence-electron chi connectivity index (χ2n) is 5.53. The summed E-state index contributed by atoms with van der Waals surface area (Å²) < 4.78 is 16.3. The quantitative estimate of drug-likeness (QED) is 0.601. The summed E-state index contributed by atoms with van der Waals surface area (Å²) in [6, 6.07) is 12.3. The Bertz CT molecular complexity index is 850. The fraction of sp³-hybridized carbons (Fsp3) is 0.250. The largest absolute Gasteiger partial charge is 0.493 e. The second kappa shape index (κ2) is 8.19. The van der Waals surface area contributed by atoms with Crippen LogP contribution in [0.25, 0.3) is 22.4 Å². The molecule has 2 aromatic carbocycles. The molecule has 0 unspecified atom stereocenters. The molecule has 136 valence electrons. The number of thioether (sulfide) groups is 1. The van der Waals surface area contributed by atoms with Crippen molar-refractivity contribution in [1.29, 1.82) is 0 Å². The Hall–Kier alpha value is -2.60. The molecule has 1 aromatic heterocycles. The third-order valence-electron chi connectivity index (χ3n) is 4.07. The van der Waals surface area contributed by atoms with Gasteiger partial charge < -0.3 is 14.2 Å². The number of ether oxygens (including phenoxy) is 3. The van der Waals surface area contributed by atoms with Crippen LogP contribution >= 0.6 is 11.8 Å². The zero-order valence-electron chi connectivity index (χ0n) is 15.3. The van der Waals surface area contributed by atoms with Gasteiger partial charge in [-0.3, -0.25) is 5.10 Å². The van der Waals surface area contributed by atoms with Crippen LogP contribution in [0, 0.1) is 0 Å². The van der Waals surface area contributed by atoms with Crippen molar-refractivity contribution >= 4 is 11.8 Å². The molecule has 0 radical (unpaired) electrons. The Kier molecular flexibility index (Phi) is 5.73. The molecule has 5 nitrogen and oxygen atoms in total. The Morgan fingerprint density at radius 2 is 1.58 bits per heavy atom. The number of rotatable bonds is 7. The molecule has 26 heavy (non-hydrogen) atoms. The van der Waals surface area contributed by atoms with Gasteiger partial charge in [0.05, 0.1) is 33.2 Å². The highest BCUT2D eigenvalue weighted by atomic mass is 32.2. The molecule has 1 N–H and O–H groups in total. The Balaban J connectivity index is 2.05. The predicted octanol–water partition coefficient (Wildman–Crippen LogP) is 4.88. The minimum atomic E-state index is 0.570. The molecule has 0 amide bonds. The number of aromatic nitrogens is 2. The summed E-state index contributed by atoms with van der Waals surface area (Å²) in [6.45, 7) is 2.15. The van der Waals surface area contributed by atoms with Gasteiger partial charge in [-0.05, 0) is 35.6 Å². The van der Waals surface area contributed by atoms with Crippen molar-refractivity contribution in [2.24, 2.45) is 0 Å². The summed E-state index contributed by atoms with van der Waals surface area (Å²) in [5.41, 5.74) is 3.94. The highest BCUT2D eigenvalue weighted by Crippen LogP contribution is 2.42. The molecule has 0 atom stereocenters. The molecule has 0 saturated heterocycles. The van der Waals surface area contributed by atoms with Crippen LogP contribution in [0.15, 0.2) is 47.5 Å². The van der Waals surface area contributed by atoms with Gasteiger partial charge in [-0.2, -0.15) is 5.10 Å². The first kappa shape index (κ1) is 18.2. The normalized spacial score (nSPS) is 10.6. The highest BCUT2D eigenvalue weighted by Gasteiger charge is 2.17. The van der Waals surface area contributed by atoms with Gasteiger partial charge in [0.25, 0.3) is 0 Å². The highest BCUT2D eigenvalue weighted by molar-refractivity contribution is 7.99. The fourth-order valence-corrected chi connectivity index (χ4v) is 3.51. The van der Waals surface area contributed by atoms with Crippen molar-refractivity contribution in [3.8, 4) is 39.6 Å². The number of H-pyrrole nitrogens is 1. The SMILES string of the molecule is CCSc1ccc(-c2cn[nH]c2-c2cc(OC)c(OC)c(OC)c2)cc1. The van der Waals surface area contributed by atoms with Gasteiger partial charge in [0, 0.05) is 16.0 Å². The third kappa shape index (κ3) is 3.51. The van der Waals surface area contributed by atoms with Gasteiger partial charge in [0.1, 0.15) is 0 Å². The van der Waals surface area contributed by atoms with Crippen LogP contribution in [0.1, 0.15) is 6.92 Å². The zero-order chi connectivity index (χ0) is 18.5. The summed E-state index contributed by atoms with van der Waals surface area (Å²) >= 11 is 1.83. The first-order valence-corrected chi connectivity index (χ1v) is 9.27. The van der Waals surface area contributed by atoms with Gasteiger partial charge in [-0.1, -0.05) is 19.1 Å². The minimum Gasteiger partial charge on any atom is -0.493 e. The van der Waals surface area contributed by atoms with Gasteiger partial charge >= 0.3 is 0 Å². The van der Waals surface area contributed by atoms with Crippen molar-refractivity contribution in [1.82, 2.24) is 10.2 Å². The van der Waals surface area contributed by atoms with E-state index in [0.29, 0.717) is 17.2 Å². The van der Waals surface area contributed by atoms with Crippen LogP contribution in [0.3, 0.4) is 0 Å². The molecule has 0 aliphatic rings. The van der Waals surface area contributed by atoms with Crippen LogP contribution in [0.2, 0.25) is 0 Å². The molecule has 6 heteroatoms. The summed E-state index contributed by atoms with van der Waals surface area (Å²) in [7, 11) is 4.82. The number of methoxy groups -OCH3 is 3. The summed E-state index contributed by atoms with van der Waals surface area (Å²) in [4.78, 5) is 1.26. The van der Waals surface area contributed by atoms with Crippen LogP contribution in [0.4, 0.5) is 0 Å².